The summed E-state index contributed by atoms with van der Waals surface area (Å²) in [5.41, 5.74) is 6.12. The molecular weight excluding hydrogens is 413 g/mol. The molecule has 8 heteroatoms. The van der Waals surface area contributed by atoms with E-state index in [0.29, 0.717) is 21.4 Å². The average Bonchev–Trinajstić information content (AvgIpc) is 2.79. The van der Waals surface area contributed by atoms with Gasteiger partial charge in [-0.25, -0.2) is 4.98 Å². The number of nitrogens with two attached hydrogens (primary N) is 1. The van der Waals surface area contributed by atoms with Gasteiger partial charge in [0.05, 0.1) is 17.1 Å². The van der Waals surface area contributed by atoms with E-state index in [9.17, 15) is 9.59 Å². The molecule has 0 spiro atoms. The van der Waals surface area contributed by atoms with Crippen molar-refractivity contribution in [2.24, 2.45) is 5.73 Å². The van der Waals surface area contributed by atoms with Crippen LogP contribution in [0.1, 0.15) is 16.1 Å². The number of hydrogen-bond donors (Lipinski definition) is 2. The number of benzene rings is 1. The van der Waals surface area contributed by atoms with Crippen LogP contribution >= 0.6 is 45.5 Å². The van der Waals surface area contributed by atoms with E-state index in [4.69, 9.17) is 17.3 Å². The highest BCUT2D eigenvalue weighted by Crippen LogP contribution is 2.21. The van der Waals surface area contributed by atoms with Crippen LogP contribution in [-0.2, 0) is 11.2 Å². The number of nitrogens with zero attached hydrogens (tertiary/aromatic N) is 1. The Balaban J connectivity index is 2.09. The zero-order chi connectivity index (χ0) is 14.7. The molecule has 2 aromatic rings. The molecule has 0 saturated carbocycles. The van der Waals surface area contributed by atoms with E-state index in [0.717, 1.165) is 3.57 Å². The van der Waals surface area contributed by atoms with E-state index in [2.05, 4.69) is 32.9 Å². The molecule has 3 N–H and O–H groups in total. The highest BCUT2D eigenvalue weighted by Gasteiger charge is 2.11. The second kappa shape index (κ2) is 6.51. The summed E-state index contributed by atoms with van der Waals surface area (Å²) in [6.07, 6.45) is 0.0607. The first kappa shape index (κ1) is 15.2. The number of rotatable bonds is 4. The van der Waals surface area contributed by atoms with E-state index in [1.165, 1.54) is 11.3 Å². The van der Waals surface area contributed by atoms with Gasteiger partial charge in [0.15, 0.2) is 5.13 Å². The summed E-state index contributed by atoms with van der Waals surface area (Å²) < 4.78 is 0.797. The normalized spacial score (nSPS) is 10.3. The van der Waals surface area contributed by atoms with Crippen molar-refractivity contribution in [1.82, 2.24) is 4.98 Å². The molecule has 0 bridgehead atoms. The van der Waals surface area contributed by atoms with Crippen LogP contribution in [0.2, 0.25) is 5.02 Å². The van der Waals surface area contributed by atoms with Crippen molar-refractivity contribution in [3.63, 3.8) is 0 Å². The molecule has 2 amide bonds. The lowest BCUT2D eigenvalue weighted by Gasteiger charge is -2.03. The highest BCUT2D eigenvalue weighted by atomic mass is 127. The molecule has 1 aromatic carbocycles. The van der Waals surface area contributed by atoms with E-state index in [1.807, 2.05) is 0 Å². The number of amides is 2. The summed E-state index contributed by atoms with van der Waals surface area (Å²) in [6.45, 7) is 0. The fourth-order valence-electron chi connectivity index (χ4n) is 1.43. The SMILES string of the molecule is NC(=O)Cc1csc(NC(=O)c2ccc(Cl)c(I)c2)n1. The minimum absolute atomic E-state index is 0.0607. The Bertz CT molecular complexity index is 674. The molecule has 0 saturated heterocycles. The van der Waals surface area contributed by atoms with Gasteiger partial charge in [0, 0.05) is 14.5 Å². The second-order valence-electron chi connectivity index (χ2n) is 3.87. The van der Waals surface area contributed by atoms with Crippen LogP contribution in [0.5, 0.6) is 0 Å². The number of anilines is 1. The first-order chi connectivity index (χ1) is 9.45. The summed E-state index contributed by atoms with van der Waals surface area (Å²) in [4.78, 5) is 26.9. The smallest absolute Gasteiger partial charge is 0.257 e. The third kappa shape index (κ3) is 3.90. The molecule has 5 nitrogen and oxygen atoms in total. The zero-order valence-electron chi connectivity index (χ0n) is 10.0. The molecule has 20 heavy (non-hydrogen) atoms. The molecule has 0 aliphatic heterocycles. The van der Waals surface area contributed by atoms with Crippen LogP contribution in [0.15, 0.2) is 23.6 Å². The predicted octanol–water partition coefficient (Wildman–Crippen LogP) is 2.68. The zero-order valence-corrected chi connectivity index (χ0v) is 13.8. The van der Waals surface area contributed by atoms with Gasteiger partial charge >= 0.3 is 0 Å². The molecule has 0 aliphatic rings. The minimum Gasteiger partial charge on any atom is -0.369 e. The molecule has 0 atom stereocenters. The Hall–Kier alpha value is -1.19. The lowest BCUT2D eigenvalue weighted by atomic mass is 10.2. The number of hydrogen-bond acceptors (Lipinski definition) is 4. The van der Waals surface area contributed by atoms with Gasteiger partial charge in [-0.2, -0.15) is 0 Å². The maximum atomic E-state index is 12.0. The molecule has 0 radical (unpaired) electrons. The Morgan fingerprint density at radius 3 is 2.85 bits per heavy atom. The third-order valence-corrected chi connectivity index (χ3v) is 4.66. The van der Waals surface area contributed by atoms with Gasteiger partial charge < -0.3 is 5.73 Å². The van der Waals surface area contributed by atoms with Crippen LogP contribution in [-0.4, -0.2) is 16.8 Å². The third-order valence-electron chi connectivity index (χ3n) is 2.31. The van der Waals surface area contributed by atoms with Crippen LogP contribution in [0.4, 0.5) is 5.13 Å². The van der Waals surface area contributed by atoms with E-state index < -0.39 is 5.91 Å². The van der Waals surface area contributed by atoms with Gasteiger partial charge in [0.1, 0.15) is 0 Å². The van der Waals surface area contributed by atoms with E-state index in [-0.39, 0.29) is 12.3 Å². The van der Waals surface area contributed by atoms with Crippen molar-refractivity contribution >= 4 is 62.5 Å². The largest absolute Gasteiger partial charge is 0.369 e. The number of halogens is 2. The van der Waals surface area contributed by atoms with Gasteiger partial charge in [-0.3, -0.25) is 14.9 Å². The molecule has 0 fully saturated rings. The fraction of sp³-hybridized carbons (Fsp3) is 0.0833. The van der Waals surface area contributed by atoms with Gasteiger partial charge in [-0.1, -0.05) is 11.6 Å². The number of thiazole rings is 1. The standard InChI is InChI=1S/C12H9ClIN3O2S/c13-8-2-1-6(3-9(8)14)11(19)17-12-16-7(5-20-12)4-10(15)18/h1-3,5H,4H2,(H2,15,18)(H,16,17,19). The minimum atomic E-state index is -0.458. The molecule has 0 aliphatic carbocycles. The predicted molar refractivity (Wildman–Crippen MR) is 87.1 cm³/mol. The quantitative estimate of drug-likeness (QED) is 0.744. The number of nitrogens with one attached hydrogen (secondary N) is 1. The van der Waals surface area contributed by atoms with E-state index >= 15 is 0 Å². The van der Waals surface area contributed by atoms with Crippen molar-refractivity contribution in [1.29, 1.82) is 0 Å². The lowest BCUT2D eigenvalue weighted by molar-refractivity contribution is -0.117. The van der Waals surface area contributed by atoms with Crippen molar-refractivity contribution in [3.8, 4) is 0 Å². The van der Waals surface area contributed by atoms with Crippen molar-refractivity contribution in [2.45, 2.75) is 6.42 Å². The Kier molecular flexibility index (Phi) is 4.95. The Morgan fingerprint density at radius 1 is 1.45 bits per heavy atom. The second-order valence-corrected chi connectivity index (χ2v) is 6.30. The summed E-state index contributed by atoms with van der Waals surface area (Å²) in [7, 11) is 0. The lowest BCUT2D eigenvalue weighted by Crippen LogP contribution is -2.14. The van der Waals surface area contributed by atoms with Gasteiger partial charge in [-0.05, 0) is 40.8 Å². The maximum absolute atomic E-state index is 12.0. The first-order valence-electron chi connectivity index (χ1n) is 5.45. The number of primary amides is 1. The van der Waals surface area contributed by atoms with Gasteiger partial charge in [-0.15, -0.1) is 11.3 Å². The monoisotopic (exact) mass is 421 g/mol. The topological polar surface area (TPSA) is 85.1 Å². The first-order valence-corrected chi connectivity index (χ1v) is 7.78. The van der Waals surface area contributed by atoms with Crippen LogP contribution in [0.25, 0.3) is 0 Å². The number of aromatic nitrogens is 1. The summed E-state index contributed by atoms with van der Waals surface area (Å²) in [5, 5.41) is 5.38. The summed E-state index contributed by atoms with van der Waals surface area (Å²) in [6, 6.07) is 4.99. The van der Waals surface area contributed by atoms with Gasteiger partial charge in [0.25, 0.3) is 5.91 Å². The van der Waals surface area contributed by atoms with E-state index in [1.54, 1.807) is 23.6 Å². The highest BCUT2D eigenvalue weighted by molar-refractivity contribution is 14.1. The molecule has 0 unspecified atom stereocenters. The maximum Gasteiger partial charge on any atom is 0.257 e. The van der Waals surface area contributed by atoms with Crippen LogP contribution in [0.3, 0.4) is 0 Å². The average molecular weight is 422 g/mol. The van der Waals surface area contributed by atoms with Crippen molar-refractivity contribution in [3.05, 3.63) is 43.4 Å². The number of carbonyl (C=O) groups is 2. The van der Waals surface area contributed by atoms with Crippen molar-refractivity contribution in [2.75, 3.05) is 5.32 Å². The number of carbonyl (C=O) groups excluding carboxylic acids is 2. The van der Waals surface area contributed by atoms with Crippen molar-refractivity contribution < 1.29 is 9.59 Å². The Morgan fingerprint density at radius 2 is 2.20 bits per heavy atom. The molecule has 1 aromatic heterocycles. The Labute approximate surface area is 137 Å². The molecule has 2 rings (SSSR count). The fourth-order valence-corrected chi connectivity index (χ4v) is 2.77. The summed E-state index contributed by atoms with van der Waals surface area (Å²) >= 11 is 9.20. The van der Waals surface area contributed by atoms with Crippen LogP contribution in [0, 0.1) is 3.57 Å². The molecular formula is C12H9ClIN3O2S. The van der Waals surface area contributed by atoms with Crippen LogP contribution < -0.4 is 11.1 Å². The summed E-state index contributed by atoms with van der Waals surface area (Å²) in [5.74, 6) is -0.736. The molecule has 1 heterocycles. The molecule has 104 valence electrons. The van der Waals surface area contributed by atoms with Gasteiger partial charge in [0.2, 0.25) is 5.91 Å².